The second-order valence-corrected chi connectivity index (χ2v) is 15.2. The van der Waals surface area contributed by atoms with Crippen LogP contribution in [0.4, 0.5) is 0 Å². The zero-order chi connectivity index (χ0) is 33.0. The second kappa shape index (κ2) is 12.6. The van der Waals surface area contributed by atoms with E-state index in [1.54, 1.807) is 0 Å². The number of fused-ring (bicyclic) bond motifs is 6. The van der Waals surface area contributed by atoms with Gasteiger partial charge in [-0.1, -0.05) is 146 Å². The van der Waals surface area contributed by atoms with Crippen molar-refractivity contribution in [3.8, 4) is 0 Å². The lowest BCUT2D eigenvalue weighted by Crippen LogP contribution is -2.44. The maximum Gasteiger partial charge on any atom is 0.0571 e. The number of hydrogen-bond acceptors (Lipinski definition) is 1. The molecule has 0 N–H and O–H groups in total. The van der Waals surface area contributed by atoms with Crippen LogP contribution < -0.4 is 0 Å². The SMILES string of the molecule is C1=CC2C3C=C(c4cccc5c6c(n(C7CCC=C(c8ccccc8)C7)c45)CCC=C6)C=CC3N(C3C=C(C4=CCCC=C4)C=CC3)C2C=C1. The molecule has 1 aliphatic heterocycles. The normalized spacial score (nSPS) is 29.7. The third kappa shape index (κ3) is 5.03. The molecular formula is C48H46N2. The molecule has 2 heteroatoms. The molecule has 2 aromatic carbocycles. The Kier molecular flexibility index (Phi) is 7.60. The number of nitrogens with zero attached hydrogens (tertiary/aromatic N) is 2. The molecule has 1 fully saturated rings. The van der Waals surface area contributed by atoms with Crippen molar-refractivity contribution < 1.29 is 0 Å². The monoisotopic (exact) mass is 650 g/mol. The van der Waals surface area contributed by atoms with E-state index in [0.29, 0.717) is 36.0 Å². The lowest BCUT2D eigenvalue weighted by Gasteiger charge is -2.37. The Hall–Kier alpha value is -4.66. The van der Waals surface area contributed by atoms with Gasteiger partial charge in [-0.25, -0.2) is 0 Å². The van der Waals surface area contributed by atoms with Crippen molar-refractivity contribution in [3.05, 3.63) is 173 Å². The van der Waals surface area contributed by atoms with E-state index in [0.717, 1.165) is 44.9 Å². The lowest BCUT2D eigenvalue weighted by atomic mass is 9.80. The highest BCUT2D eigenvalue weighted by Crippen LogP contribution is 2.48. The fourth-order valence-corrected chi connectivity index (χ4v) is 10.2. The summed E-state index contributed by atoms with van der Waals surface area (Å²) < 4.78 is 2.81. The molecule has 50 heavy (non-hydrogen) atoms. The van der Waals surface area contributed by atoms with Gasteiger partial charge in [-0.15, -0.1) is 0 Å². The molecule has 10 rings (SSSR count). The molecule has 1 saturated heterocycles. The first kappa shape index (κ1) is 30.2. The molecule has 0 radical (unpaired) electrons. The van der Waals surface area contributed by atoms with Gasteiger partial charge >= 0.3 is 0 Å². The molecule has 1 aromatic heterocycles. The molecule has 7 aliphatic rings. The Labute approximate surface area is 297 Å². The molecule has 2 heterocycles. The number of allylic oxidation sites excluding steroid dienone is 13. The molecule has 2 nitrogen and oxygen atoms in total. The number of rotatable bonds is 5. The summed E-state index contributed by atoms with van der Waals surface area (Å²) in [5.41, 5.74) is 12.9. The second-order valence-electron chi connectivity index (χ2n) is 15.2. The summed E-state index contributed by atoms with van der Waals surface area (Å²) in [4.78, 5) is 2.84. The van der Waals surface area contributed by atoms with Crippen LogP contribution >= 0.6 is 0 Å². The fourth-order valence-electron chi connectivity index (χ4n) is 10.2. The van der Waals surface area contributed by atoms with E-state index in [2.05, 4.69) is 155 Å². The van der Waals surface area contributed by atoms with Gasteiger partial charge in [0.1, 0.15) is 0 Å². The molecule has 0 spiro atoms. The van der Waals surface area contributed by atoms with E-state index in [1.165, 1.54) is 62.0 Å². The first-order valence-electron chi connectivity index (χ1n) is 19.2. The van der Waals surface area contributed by atoms with Crippen LogP contribution in [0.2, 0.25) is 0 Å². The van der Waals surface area contributed by atoms with Crippen molar-refractivity contribution in [1.82, 2.24) is 9.47 Å². The van der Waals surface area contributed by atoms with E-state index in [1.807, 2.05) is 0 Å². The molecule has 6 aliphatic carbocycles. The van der Waals surface area contributed by atoms with Crippen LogP contribution in [0.3, 0.4) is 0 Å². The van der Waals surface area contributed by atoms with Gasteiger partial charge in [0.05, 0.1) is 5.52 Å². The Bertz CT molecular complexity index is 2150. The average molecular weight is 651 g/mol. The highest BCUT2D eigenvalue weighted by Gasteiger charge is 2.48. The van der Waals surface area contributed by atoms with Gasteiger partial charge in [-0.2, -0.15) is 0 Å². The van der Waals surface area contributed by atoms with Crippen LogP contribution in [0.25, 0.3) is 28.1 Å². The molecule has 6 unspecified atom stereocenters. The minimum absolute atomic E-state index is 0.380. The van der Waals surface area contributed by atoms with Gasteiger partial charge in [-0.05, 0) is 79.2 Å². The van der Waals surface area contributed by atoms with Gasteiger partial charge in [-0.3, -0.25) is 4.90 Å². The van der Waals surface area contributed by atoms with Crippen molar-refractivity contribution in [3.63, 3.8) is 0 Å². The summed E-state index contributed by atoms with van der Waals surface area (Å²) in [6.07, 6.45) is 48.0. The summed E-state index contributed by atoms with van der Waals surface area (Å²) in [5, 5.41) is 1.42. The molecule has 6 atom stereocenters. The summed E-state index contributed by atoms with van der Waals surface area (Å²) in [7, 11) is 0. The summed E-state index contributed by atoms with van der Waals surface area (Å²) >= 11 is 0. The quantitative estimate of drug-likeness (QED) is 0.267. The summed E-state index contributed by atoms with van der Waals surface area (Å²) in [5.74, 6) is 0.911. The smallest absolute Gasteiger partial charge is 0.0571 e. The molecule has 3 aromatic rings. The molecular weight excluding hydrogens is 605 g/mol. The number of aromatic nitrogens is 1. The predicted molar refractivity (Wildman–Crippen MR) is 210 cm³/mol. The maximum absolute atomic E-state index is 2.84. The minimum Gasteiger partial charge on any atom is -0.340 e. The van der Waals surface area contributed by atoms with Crippen molar-refractivity contribution in [2.45, 2.75) is 75.5 Å². The number of benzene rings is 2. The summed E-state index contributed by atoms with van der Waals surface area (Å²) in [6, 6.07) is 19.8. The molecule has 0 amide bonds. The van der Waals surface area contributed by atoms with Crippen LogP contribution in [-0.2, 0) is 6.42 Å². The van der Waals surface area contributed by atoms with Crippen molar-refractivity contribution in [1.29, 1.82) is 0 Å². The minimum atomic E-state index is 0.380. The Morgan fingerprint density at radius 2 is 1.52 bits per heavy atom. The van der Waals surface area contributed by atoms with Gasteiger partial charge in [0.2, 0.25) is 0 Å². The van der Waals surface area contributed by atoms with E-state index in [-0.39, 0.29) is 0 Å². The van der Waals surface area contributed by atoms with Crippen LogP contribution in [0.5, 0.6) is 0 Å². The lowest BCUT2D eigenvalue weighted by molar-refractivity contribution is 0.192. The van der Waals surface area contributed by atoms with E-state index in [9.17, 15) is 0 Å². The standard InChI is InChI=1S/C48H46N2/c1-3-14-33(15-4-1)35-18-11-20-38(30-35)49-45-26-9-8-23-42(45)44-32-37(28-29-47(44)49)40-24-13-25-43-41-22-7-10-27-46(41)50(48(40)43)39-21-12-19-36(31-39)34-16-5-2-6-17-34/h2-3,5-9,11,13-19,22-26,28-30,32,38-39,42,44-45,47H,1,4,10,12,20-21,27,31H2. The average Bonchev–Trinajstić information content (AvgIpc) is 3.71. The molecule has 0 saturated carbocycles. The Balaban J connectivity index is 1.04. The molecule has 248 valence electrons. The van der Waals surface area contributed by atoms with E-state index >= 15 is 0 Å². The third-order valence-corrected chi connectivity index (χ3v) is 12.4. The summed E-state index contributed by atoms with van der Waals surface area (Å²) in [6.45, 7) is 0. The maximum atomic E-state index is 2.84. The van der Waals surface area contributed by atoms with Gasteiger partial charge in [0.25, 0.3) is 0 Å². The number of para-hydroxylation sites is 1. The van der Waals surface area contributed by atoms with E-state index < -0.39 is 0 Å². The van der Waals surface area contributed by atoms with Gasteiger partial charge in [0.15, 0.2) is 0 Å². The zero-order valence-electron chi connectivity index (χ0n) is 28.9. The highest BCUT2D eigenvalue weighted by molar-refractivity contribution is 6.00. The van der Waals surface area contributed by atoms with Crippen molar-refractivity contribution in [2.24, 2.45) is 11.8 Å². The number of likely N-dealkylation sites (tertiary alicyclic amines) is 1. The fraction of sp³-hybridized carbons (Fsp3) is 0.292. The van der Waals surface area contributed by atoms with Crippen LogP contribution in [-0.4, -0.2) is 27.6 Å². The Morgan fingerprint density at radius 3 is 2.44 bits per heavy atom. The molecule has 0 bridgehead atoms. The number of hydrogen-bond donors (Lipinski definition) is 0. The zero-order valence-corrected chi connectivity index (χ0v) is 28.9. The van der Waals surface area contributed by atoms with Crippen LogP contribution in [0.1, 0.15) is 73.4 Å². The first-order chi connectivity index (χ1) is 24.8. The van der Waals surface area contributed by atoms with Crippen molar-refractivity contribution >= 4 is 28.1 Å². The predicted octanol–water partition coefficient (Wildman–Crippen LogP) is 11.3. The van der Waals surface area contributed by atoms with Gasteiger partial charge in [0, 0.05) is 58.2 Å². The van der Waals surface area contributed by atoms with Gasteiger partial charge < -0.3 is 4.57 Å². The highest BCUT2D eigenvalue weighted by atomic mass is 15.2. The van der Waals surface area contributed by atoms with Crippen LogP contribution in [0, 0.1) is 11.8 Å². The first-order valence-corrected chi connectivity index (χ1v) is 19.2. The third-order valence-electron chi connectivity index (χ3n) is 12.4. The largest absolute Gasteiger partial charge is 0.340 e. The Morgan fingerprint density at radius 1 is 0.640 bits per heavy atom. The topological polar surface area (TPSA) is 8.17 Å². The van der Waals surface area contributed by atoms with E-state index in [4.69, 9.17) is 0 Å². The van der Waals surface area contributed by atoms with Crippen molar-refractivity contribution in [2.75, 3.05) is 0 Å². The van der Waals surface area contributed by atoms with Crippen LogP contribution in [0.15, 0.2) is 151 Å².